The molecule has 1 heterocycles. The fourth-order valence-corrected chi connectivity index (χ4v) is 11.2. The minimum absolute atomic E-state index is 0.0737. The third-order valence-corrected chi connectivity index (χ3v) is 11.6. The van der Waals surface area contributed by atoms with Gasteiger partial charge in [-0.2, -0.15) is 0 Å². The van der Waals surface area contributed by atoms with Crippen molar-refractivity contribution >= 4 is 28.6 Å². The lowest BCUT2D eigenvalue weighted by Crippen LogP contribution is -2.63. The molecule has 34 heavy (non-hydrogen) atoms. The van der Waals surface area contributed by atoms with E-state index in [1.54, 1.807) is 0 Å². The van der Waals surface area contributed by atoms with Gasteiger partial charge in [0.1, 0.15) is 5.60 Å². The van der Waals surface area contributed by atoms with Gasteiger partial charge < -0.3 is 18.3 Å². The van der Waals surface area contributed by atoms with E-state index in [9.17, 15) is 9.59 Å². The van der Waals surface area contributed by atoms with Crippen LogP contribution in [0.1, 0.15) is 39.0 Å². The molecule has 0 N–H and O–H groups in total. The molecule has 5 rings (SSSR count). The lowest BCUT2D eigenvalue weighted by Gasteiger charge is -2.52. The maximum Gasteiger partial charge on any atom is 0.315 e. The van der Waals surface area contributed by atoms with Crippen LogP contribution in [0, 0.1) is 34.5 Å². The van der Waals surface area contributed by atoms with Crippen molar-refractivity contribution in [1.29, 1.82) is 0 Å². The summed E-state index contributed by atoms with van der Waals surface area (Å²) in [5, 5.41) is 0. The molecule has 0 radical (unpaired) electrons. The Bertz CT molecular complexity index is 937. The monoisotopic (exact) mass is 506 g/mol. The summed E-state index contributed by atoms with van der Waals surface area (Å²) >= 11 is 0. The SMILES string of the molecule is C=C1C[C@]23C[C@H]1CCC2[C@@]12OC(=O)C(C)(C1[C@@H]3C(=O)OC)[C@@H](O[Si](C)(C)C)C[C@@H]2O[Si](C)(C)C. The maximum absolute atomic E-state index is 13.9. The molecule has 4 bridgehead atoms. The molecule has 0 aromatic heterocycles. The van der Waals surface area contributed by atoms with Gasteiger partial charge in [0.2, 0.25) is 0 Å². The number of esters is 2. The number of carbonyl (C=O) groups excluding carboxylic acids is 2. The molecule has 1 saturated heterocycles. The van der Waals surface area contributed by atoms with Crippen molar-refractivity contribution < 1.29 is 27.9 Å². The van der Waals surface area contributed by atoms with Gasteiger partial charge in [-0.05, 0) is 83.2 Å². The second-order valence-electron chi connectivity index (χ2n) is 13.8. The number of carbonyl (C=O) groups is 2. The fraction of sp³-hybridized carbons (Fsp3) is 0.846. The largest absolute Gasteiger partial charge is 0.469 e. The Hall–Kier alpha value is -0.966. The smallest absolute Gasteiger partial charge is 0.315 e. The Kier molecular flexibility index (Phi) is 5.30. The zero-order valence-corrected chi connectivity index (χ0v) is 24.2. The third kappa shape index (κ3) is 3.10. The van der Waals surface area contributed by atoms with E-state index in [2.05, 4.69) is 45.9 Å². The van der Waals surface area contributed by atoms with Crippen molar-refractivity contribution in [2.24, 2.45) is 34.5 Å². The van der Waals surface area contributed by atoms with Crippen LogP contribution in [0.2, 0.25) is 39.3 Å². The molecule has 190 valence electrons. The van der Waals surface area contributed by atoms with Gasteiger partial charge in [0, 0.05) is 18.3 Å². The lowest BCUT2D eigenvalue weighted by atomic mass is 9.58. The first-order valence-corrected chi connectivity index (χ1v) is 19.8. The average Bonchev–Trinajstić information content (AvgIpc) is 3.18. The minimum atomic E-state index is -2.00. The molecule has 9 atom stereocenters. The van der Waals surface area contributed by atoms with E-state index in [1.807, 2.05) is 6.92 Å². The second-order valence-corrected chi connectivity index (χ2v) is 22.7. The summed E-state index contributed by atoms with van der Waals surface area (Å²) in [7, 11) is -2.53. The van der Waals surface area contributed by atoms with E-state index in [-0.39, 0.29) is 41.4 Å². The molecular weight excluding hydrogens is 464 g/mol. The molecule has 5 fully saturated rings. The Morgan fingerprint density at radius 1 is 1.06 bits per heavy atom. The van der Waals surface area contributed by atoms with E-state index in [0.717, 1.165) is 25.7 Å². The van der Waals surface area contributed by atoms with Crippen molar-refractivity contribution in [3.8, 4) is 0 Å². The molecule has 4 aliphatic carbocycles. The quantitative estimate of drug-likeness (QED) is 0.300. The zero-order valence-electron chi connectivity index (χ0n) is 22.2. The van der Waals surface area contributed by atoms with Gasteiger partial charge in [-0.15, -0.1) is 0 Å². The predicted molar refractivity (Wildman–Crippen MR) is 134 cm³/mol. The normalized spacial score (nSPS) is 47.3. The molecule has 0 aromatic carbocycles. The summed E-state index contributed by atoms with van der Waals surface area (Å²) in [4.78, 5) is 27.6. The van der Waals surface area contributed by atoms with Crippen molar-refractivity contribution in [3.05, 3.63) is 12.2 Å². The van der Waals surface area contributed by atoms with E-state index in [4.69, 9.17) is 18.3 Å². The second kappa shape index (κ2) is 7.29. The highest BCUT2D eigenvalue weighted by Gasteiger charge is 2.86. The first-order valence-electron chi connectivity index (χ1n) is 12.9. The topological polar surface area (TPSA) is 71.1 Å². The van der Waals surface area contributed by atoms with Crippen molar-refractivity contribution in [2.45, 2.75) is 96.1 Å². The molecule has 0 amide bonds. The van der Waals surface area contributed by atoms with Crippen LogP contribution in [0.15, 0.2) is 12.2 Å². The number of fused-ring (bicyclic) bond motifs is 1. The molecule has 5 aliphatic rings. The van der Waals surface area contributed by atoms with Gasteiger partial charge in [-0.1, -0.05) is 12.2 Å². The van der Waals surface area contributed by atoms with Crippen LogP contribution >= 0.6 is 0 Å². The van der Waals surface area contributed by atoms with Crippen molar-refractivity contribution in [1.82, 2.24) is 0 Å². The molecular formula is C26H42O6Si2. The van der Waals surface area contributed by atoms with Crippen LogP contribution < -0.4 is 0 Å². The first kappa shape index (κ1) is 24.7. The van der Waals surface area contributed by atoms with Crippen molar-refractivity contribution in [3.63, 3.8) is 0 Å². The molecule has 1 spiro atoms. The molecule has 0 aromatic rings. The number of allylic oxidation sites excluding steroid dienone is 1. The Morgan fingerprint density at radius 2 is 1.68 bits per heavy atom. The summed E-state index contributed by atoms with van der Waals surface area (Å²) in [5.41, 5.74) is -0.741. The van der Waals surface area contributed by atoms with Gasteiger partial charge >= 0.3 is 11.9 Å². The maximum atomic E-state index is 13.9. The Labute approximate surface area is 206 Å². The molecule has 8 heteroatoms. The van der Waals surface area contributed by atoms with Crippen LogP contribution in [0.25, 0.3) is 0 Å². The van der Waals surface area contributed by atoms with Gasteiger partial charge in [0.05, 0.1) is 30.7 Å². The molecule has 3 unspecified atom stereocenters. The third-order valence-electron chi connectivity index (χ3n) is 9.64. The van der Waals surface area contributed by atoms with Crippen LogP contribution in [-0.4, -0.2) is 53.5 Å². The summed E-state index contributed by atoms with van der Waals surface area (Å²) in [5.74, 6) is -0.646. The molecule has 1 aliphatic heterocycles. The molecule has 6 nitrogen and oxygen atoms in total. The average molecular weight is 507 g/mol. The lowest BCUT2D eigenvalue weighted by molar-refractivity contribution is -0.174. The van der Waals surface area contributed by atoms with Crippen molar-refractivity contribution in [2.75, 3.05) is 7.11 Å². The van der Waals surface area contributed by atoms with E-state index >= 15 is 0 Å². The summed E-state index contributed by atoms with van der Waals surface area (Å²) < 4.78 is 25.8. The highest BCUT2D eigenvalue weighted by molar-refractivity contribution is 6.70. The van der Waals surface area contributed by atoms with Crippen LogP contribution in [0.4, 0.5) is 0 Å². The van der Waals surface area contributed by atoms with Crippen LogP contribution in [-0.2, 0) is 27.9 Å². The Morgan fingerprint density at radius 3 is 2.26 bits per heavy atom. The number of hydrogen-bond acceptors (Lipinski definition) is 6. The number of hydrogen-bond donors (Lipinski definition) is 0. The highest BCUT2D eigenvalue weighted by Crippen LogP contribution is 2.78. The van der Waals surface area contributed by atoms with Gasteiger partial charge in [0.15, 0.2) is 16.6 Å². The minimum Gasteiger partial charge on any atom is -0.469 e. The Balaban J connectivity index is 1.74. The van der Waals surface area contributed by atoms with E-state index in [0.29, 0.717) is 12.3 Å². The zero-order chi connectivity index (χ0) is 25.1. The fourth-order valence-electron chi connectivity index (χ4n) is 8.86. The summed E-state index contributed by atoms with van der Waals surface area (Å²) in [6, 6.07) is 0. The van der Waals surface area contributed by atoms with Crippen LogP contribution in [0.3, 0.4) is 0 Å². The van der Waals surface area contributed by atoms with Gasteiger partial charge in [-0.3, -0.25) is 9.59 Å². The summed E-state index contributed by atoms with van der Waals surface area (Å²) in [6.07, 6.45) is 3.75. The van der Waals surface area contributed by atoms with E-state index < -0.39 is 33.6 Å². The standard InChI is InChI=1S/C26H42O6Si2/c1-15-13-25-14-16(15)10-11-17(25)26-19(32-34(7,8)9)12-18(31-33(4,5)6)24(2,23(28)30-26)21(26)20(25)22(27)29-3/h16-21H,1,10-14H2,2-9H3/t16-,17?,18+,19+,20-,21?,24?,25+,26+/m1/s1. The summed E-state index contributed by atoms with van der Waals surface area (Å²) in [6.45, 7) is 19.5. The van der Waals surface area contributed by atoms with Gasteiger partial charge in [-0.25, -0.2) is 0 Å². The van der Waals surface area contributed by atoms with Crippen LogP contribution in [0.5, 0.6) is 0 Å². The number of rotatable bonds is 5. The predicted octanol–water partition coefficient (Wildman–Crippen LogP) is 4.91. The molecule has 4 saturated carbocycles. The number of methoxy groups -OCH3 is 1. The highest BCUT2D eigenvalue weighted by atomic mass is 28.4. The first-order chi connectivity index (χ1) is 15.6. The van der Waals surface area contributed by atoms with E-state index in [1.165, 1.54) is 12.7 Å². The van der Waals surface area contributed by atoms with Gasteiger partial charge in [0.25, 0.3) is 0 Å². The number of ether oxygens (including phenoxy) is 2.